The summed E-state index contributed by atoms with van der Waals surface area (Å²) < 4.78 is 0. The SMILES string of the molecule is CCCCCCCCCCCCCP(O)(O)(O)CCCCCCCCCCCCC.CCCCCCCCCCCCCP(O)(O)(O)CCCCCCCCCCCCC.[Ti]. The zero-order valence-corrected chi connectivity index (χ0v) is 45.4. The molecular weight excluding hydrogens is 830 g/mol. The molecule has 61 heavy (non-hydrogen) atoms. The standard InChI is InChI=1S/2C26H57O3P.Ti/c2*1-3-5-7-9-11-13-15-17-19-21-23-25-30(27,28,29)26-24-22-20-18-16-14-12-10-8-6-4-2;/h2*27-29H,3-26H2,1-2H3;. The van der Waals surface area contributed by atoms with Crippen LogP contribution in [0.5, 0.6) is 0 Å². The Hall–Kier alpha value is 1.33. The van der Waals surface area contributed by atoms with Gasteiger partial charge in [0.2, 0.25) is 0 Å². The van der Waals surface area contributed by atoms with Gasteiger partial charge in [0.25, 0.3) is 0 Å². The predicted molar refractivity (Wildman–Crippen MR) is 272 cm³/mol. The molecule has 0 aromatic heterocycles. The van der Waals surface area contributed by atoms with E-state index in [1.807, 2.05) is 0 Å². The molecule has 0 aliphatic rings. The second kappa shape index (κ2) is 46.4. The van der Waals surface area contributed by atoms with Gasteiger partial charge in [0, 0.05) is 21.7 Å². The molecule has 0 bridgehead atoms. The molecular formula is C52H114O6P2Ti. The first kappa shape index (κ1) is 66.6. The van der Waals surface area contributed by atoms with E-state index in [-0.39, 0.29) is 46.4 Å². The van der Waals surface area contributed by atoms with Crippen molar-refractivity contribution in [1.82, 2.24) is 0 Å². The molecule has 0 rings (SSSR count). The Morgan fingerprint density at radius 2 is 0.279 bits per heavy atom. The van der Waals surface area contributed by atoms with E-state index in [4.69, 9.17) is 0 Å². The summed E-state index contributed by atoms with van der Waals surface area (Å²) in [5.74, 6) is 0. The zero-order chi connectivity index (χ0) is 44.8. The van der Waals surface area contributed by atoms with Crippen LogP contribution in [0.3, 0.4) is 0 Å². The number of hydrogen-bond donors (Lipinski definition) is 6. The quantitative estimate of drug-likeness (QED) is 0.0205. The van der Waals surface area contributed by atoms with Crippen LogP contribution < -0.4 is 0 Å². The summed E-state index contributed by atoms with van der Waals surface area (Å²) in [7, 11) is -8.73. The van der Waals surface area contributed by atoms with E-state index < -0.39 is 14.6 Å². The molecule has 6 N–H and O–H groups in total. The molecule has 0 saturated heterocycles. The fourth-order valence-electron chi connectivity index (χ4n) is 8.62. The second-order valence-electron chi connectivity index (χ2n) is 19.7. The predicted octanol–water partition coefficient (Wildman–Crippen LogP) is 17.8. The molecule has 0 amide bonds. The van der Waals surface area contributed by atoms with Crippen LogP contribution in [-0.4, -0.2) is 54.0 Å². The Balaban J connectivity index is -0.00000109. The first-order chi connectivity index (χ1) is 28.8. The summed E-state index contributed by atoms with van der Waals surface area (Å²) >= 11 is 0. The van der Waals surface area contributed by atoms with Gasteiger partial charge in [-0.2, -0.15) is 0 Å². The molecule has 0 atom stereocenters. The molecule has 6 nitrogen and oxygen atoms in total. The summed E-state index contributed by atoms with van der Waals surface area (Å²) in [5, 5.41) is 0. The van der Waals surface area contributed by atoms with E-state index in [1.54, 1.807) is 0 Å². The number of rotatable bonds is 48. The second-order valence-corrected chi connectivity index (χ2v) is 26.9. The topological polar surface area (TPSA) is 121 Å². The zero-order valence-electron chi connectivity index (χ0n) is 42.0. The number of hydrogen-bond acceptors (Lipinski definition) is 6. The van der Waals surface area contributed by atoms with E-state index in [1.165, 1.54) is 205 Å². The molecule has 0 saturated carbocycles. The van der Waals surface area contributed by atoms with E-state index >= 15 is 0 Å². The van der Waals surface area contributed by atoms with E-state index in [9.17, 15) is 29.4 Å². The van der Waals surface area contributed by atoms with Gasteiger partial charge in [0.1, 0.15) is 0 Å². The average molecular weight is 945 g/mol. The smallest absolute Gasteiger partial charge is 0.0654 e. The van der Waals surface area contributed by atoms with Crippen LogP contribution in [0.15, 0.2) is 0 Å². The monoisotopic (exact) mass is 945 g/mol. The number of unbranched alkanes of at least 4 members (excludes halogenated alkanes) is 40. The van der Waals surface area contributed by atoms with Crippen molar-refractivity contribution in [2.45, 2.75) is 310 Å². The van der Waals surface area contributed by atoms with E-state index in [0.717, 1.165) is 77.0 Å². The van der Waals surface area contributed by atoms with Crippen LogP contribution >= 0.6 is 14.6 Å². The normalized spacial score (nSPS) is 13.2. The van der Waals surface area contributed by atoms with Crippen molar-refractivity contribution >= 4 is 14.6 Å². The van der Waals surface area contributed by atoms with Gasteiger partial charge >= 0.3 is 351 Å². The molecule has 0 aliphatic heterocycles. The van der Waals surface area contributed by atoms with Crippen molar-refractivity contribution in [3.8, 4) is 0 Å². The Kier molecular flexibility index (Phi) is 50.7. The van der Waals surface area contributed by atoms with Crippen LogP contribution in [0.2, 0.25) is 0 Å². The van der Waals surface area contributed by atoms with E-state index in [0.29, 0.717) is 0 Å². The third-order valence-electron chi connectivity index (χ3n) is 12.9. The minimum Gasteiger partial charge on any atom is -0.0654 e. The fraction of sp³-hybridized carbons (Fsp3) is 1.00. The molecule has 372 valence electrons. The van der Waals surface area contributed by atoms with Gasteiger partial charge in [0.15, 0.2) is 0 Å². The molecule has 0 radical (unpaired) electrons. The summed E-state index contributed by atoms with van der Waals surface area (Å²) in [6.07, 6.45) is 55.1. The molecule has 0 fully saturated rings. The maximum atomic E-state index is 10.3. The van der Waals surface area contributed by atoms with Crippen molar-refractivity contribution in [3.05, 3.63) is 0 Å². The Bertz CT molecular complexity index is 719. The third kappa shape index (κ3) is 57.4. The van der Waals surface area contributed by atoms with Crippen molar-refractivity contribution in [1.29, 1.82) is 0 Å². The van der Waals surface area contributed by atoms with Crippen LogP contribution in [-0.2, 0) is 21.7 Å². The fourth-order valence-corrected chi connectivity index (χ4v) is 12.6. The summed E-state index contributed by atoms with van der Waals surface area (Å²) in [6.45, 7) is 9.02. The van der Waals surface area contributed by atoms with Crippen LogP contribution in [0.1, 0.15) is 310 Å². The van der Waals surface area contributed by atoms with Crippen molar-refractivity contribution < 1.29 is 51.1 Å². The summed E-state index contributed by atoms with van der Waals surface area (Å²) in [5.41, 5.74) is 0. The van der Waals surface area contributed by atoms with Gasteiger partial charge in [-0.1, -0.05) is 27.7 Å². The van der Waals surface area contributed by atoms with Gasteiger partial charge in [-0.3, -0.25) is 0 Å². The first-order valence-electron chi connectivity index (χ1n) is 27.3. The maximum absolute atomic E-state index is 10.3. The minimum atomic E-state index is -4.36. The molecule has 0 aliphatic carbocycles. The Morgan fingerprint density at radius 1 is 0.180 bits per heavy atom. The van der Waals surface area contributed by atoms with Gasteiger partial charge < -0.3 is 0 Å². The van der Waals surface area contributed by atoms with Crippen LogP contribution in [0, 0.1) is 0 Å². The van der Waals surface area contributed by atoms with Gasteiger partial charge in [-0.05, 0) is 0 Å². The molecule has 0 aromatic carbocycles. The van der Waals surface area contributed by atoms with Crippen LogP contribution in [0.4, 0.5) is 0 Å². The first-order valence-corrected chi connectivity index (χ1v) is 32.2. The third-order valence-corrected chi connectivity index (χ3v) is 17.8. The van der Waals surface area contributed by atoms with E-state index in [2.05, 4.69) is 27.7 Å². The average Bonchev–Trinajstić information content (AvgIpc) is 3.20. The summed E-state index contributed by atoms with van der Waals surface area (Å²) in [6, 6.07) is 0. The molecule has 9 heteroatoms. The Labute approximate surface area is 398 Å². The molecule has 0 heterocycles. The summed E-state index contributed by atoms with van der Waals surface area (Å²) in [4.78, 5) is 61.9. The van der Waals surface area contributed by atoms with Crippen molar-refractivity contribution in [2.75, 3.05) is 24.6 Å². The van der Waals surface area contributed by atoms with Crippen molar-refractivity contribution in [2.24, 2.45) is 0 Å². The van der Waals surface area contributed by atoms with Gasteiger partial charge in [0.05, 0.1) is 0 Å². The van der Waals surface area contributed by atoms with Crippen molar-refractivity contribution in [3.63, 3.8) is 0 Å². The Morgan fingerprint density at radius 3 is 0.393 bits per heavy atom. The minimum absolute atomic E-state index is 0. The van der Waals surface area contributed by atoms with Crippen LogP contribution in [0.25, 0.3) is 0 Å². The molecule has 0 unspecified atom stereocenters. The molecule has 0 aromatic rings. The van der Waals surface area contributed by atoms with Gasteiger partial charge in [-0.25, -0.2) is 0 Å². The van der Waals surface area contributed by atoms with Gasteiger partial charge in [-0.15, -0.1) is 0 Å². The molecule has 0 spiro atoms.